The van der Waals surface area contributed by atoms with Gasteiger partial charge in [-0.3, -0.25) is 0 Å². The van der Waals surface area contributed by atoms with Gasteiger partial charge >= 0.3 is 0 Å². The molecule has 0 aromatic heterocycles. The normalized spacial score (nSPS) is 10.8. The molecule has 0 saturated heterocycles. The Kier molecular flexibility index (Phi) is 9.09. The Balaban J connectivity index is 2.42. The maximum Gasteiger partial charge on any atom is 0.123 e. The molecule has 0 heterocycles. The average Bonchev–Trinajstić information content (AvgIpc) is 2.45. The fraction of sp³-hybridized carbons (Fsp3) is 0.647. The van der Waals surface area contributed by atoms with Gasteiger partial charge in [0.2, 0.25) is 0 Å². The van der Waals surface area contributed by atoms with Crippen molar-refractivity contribution in [2.75, 3.05) is 26.9 Å². The molecule has 0 saturated carbocycles. The third-order valence-electron chi connectivity index (χ3n) is 3.27. The number of nitrogens with one attached hydrogen (secondary N) is 1. The minimum atomic E-state index is 0.735. The van der Waals surface area contributed by atoms with Crippen molar-refractivity contribution in [2.45, 2.75) is 46.1 Å². The second-order valence-electron chi connectivity index (χ2n) is 5.19. The van der Waals surface area contributed by atoms with Gasteiger partial charge in [0, 0.05) is 25.8 Å². The minimum absolute atomic E-state index is 0.735. The lowest BCUT2D eigenvalue weighted by Gasteiger charge is -2.13. The van der Waals surface area contributed by atoms with E-state index in [1.54, 1.807) is 7.11 Å². The number of rotatable bonds is 11. The highest BCUT2D eigenvalue weighted by Gasteiger charge is 2.04. The minimum Gasteiger partial charge on any atom is -0.493 e. The topological polar surface area (TPSA) is 30.5 Å². The van der Waals surface area contributed by atoms with Crippen molar-refractivity contribution < 1.29 is 9.47 Å². The van der Waals surface area contributed by atoms with Gasteiger partial charge in [0.1, 0.15) is 5.75 Å². The molecule has 1 aromatic carbocycles. The lowest BCUT2D eigenvalue weighted by Crippen LogP contribution is -2.19. The summed E-state index contributed by atoms with van der Waals surface area (Å²) in [6.45, 7) is 7.58. The summed E-state index contributed by atoms with van der Waals surface area (Å²) in [6, 6.07) is 6.39. The molecule has 0 amide bonds. The van der Waals surface area contributed by atoms with Crippen molar-refractivity contribution in [2.24, 2.45) is 0 Å². The zero-order valence-corrected chi connectivity index (χ0v) is 13.2. The van der Waals surface area contributed by atoms with Gasteiger partial charge in [-0.1, -0.05) is 43.9 Å². The van der Waals surface area contributed by atoms with Gasteiger partial charge in [-0.15, -0.1) is 0 Å². The van der Waals surface area contributed by atoms with E-state index in [-0.39, 0.29) is 0 Å². The first-order valence-corrected chi connectivity index (χ1v) is 7.70. The highest BCUT2D eigenvalue weighted by Crippen LogP contribution is 2.20. The number of methoxy groups -OCH3 is 1. The van der Waals surface area contributed by atoms with Crippen molar-refractivity contribution in [3.8, 4) is 5.75 Å². The molecule has 0 unspecified atom stereocenters. The van der Waals surface area contributed by atoms with E-state index in [4.69, 9.17) is 9.47 Å². The Morgan fingerprint density at radius 1 is 1.10 bits per heavy atom. The van der Waals surface area contributed by atoms with E-state index in [1.165, 1.54) is 30.4 Å². The Morgan fingerprint density at radius 3 is 2.70 bits per heavy atom. The lowest BCUT2D eigenvalue weighted by atomic mass is 10.1. The molecule has 1 aromatic rings. The molecule has 0 aliphatic rings. The fourth-order valence-corrected chi connectivity index (χ4v) is 2.10. The molecule has 0 bridgehead atoms. The van der Waals surface area contributed by atoms with Crippen LogP contribution in [0.5, 0.6) is 5.75 Å². The first kappa shape index (κ1) is 17.0. The molecule has 0 fully saturated rings. The number of hydrogen-bond donors (Lipinski definition) is 1. The average molecular weight is 279 g/mol. The molecule has 3 nitrogen and oxygen atoms in total. The van der Waals surface area contributed by atoms with Crippen LogP contribution >= 0.6 is 0 Å². The quantitative estimate of drug-likeness (QED) is 0.627. The van der Waals surface area contributed by atoms with E-state index in [9.17, 15) is 0 Å². The third-order valence-corrected chi connectivity index (χ3v) is 3.27. The smallest absolute Gasteiger partial charge is 0.123 e. The molecule has 0 aliphatic carbocycles. The molecule has 114 valence electrons. The molecule has 3 heteroatoms. The second-order valence-corrected chi connectivity index (χ2v) is 5.19. The van der Waals surface area contributed by atoms with E-state index in [0.717, 1.165) is 38.5 Å². The van der Waals surface area contributed by atoms with Crippen LogP contribution in [0.25, 0.3) is 0 Å². The molecule has 1 rings (SSSR count). The lowest BCUT2D eigenvalue weighted by molar-refractivity contribution is 0.199. The van der Waals surface area contributed by atoms with Crippen molar-refractivity contribution in [1.29, 1.82) is 0 Å². The summed E-state index contributed by atoms with van der Waals surface area (Å²) in [5.74, 6) is 1.01. The zero-order chi connectivity index (χ0) is 14.6. The van der Waals surface area contributed by atoms with Crippen molar-refractivity contribution >= 4 is 0 Å². The van der Waals surface area contributed by atoms with Crippen LogP contribution in [-0.2, 0) is 11.3 Å². The number of aryl methyl sites for hydroxylation is 1. The van der Waals surface area contributed by atoms with Crippen molar-refractivity contribution in [3.05, 3.63) is 29.3 Å². The van der Waals surface area contributed by atoms with E-state index in [0.29, 0.717) is 0 Å². The van der Waals surface area contributed by atoms with Crippen LogP contribution in [0.15, 0.2) is 18.2 Å². The highest BCUT2D eigenvalue weighted by molar-refractivity contribution is 5.36. The van der Waals surface area contributed by atoms with E-state index >= 15 is 0 Å². The molecule has 20 heavy (non-hydrogen) atoms. The number of hydrogen-bond acceptors (Lipinski definition) is 3. The predicted octanol–water partition coefficient (Wildman–Crippen LogP) is 3.69. The van der Waals surface area contributed by atoms with Crippen LogP contribution in [0.2, 0.25) is 0 Å². The second kappa shape index (κ2) is 10.7. The number of unbranched alkanes of at least 4 members (excludes halogenated alkanes) is 3. The molecule has 0 atom stereocenters. The molecule has 0 radical (unpaired) electrons. The van der Waals surface area contributed by atoms with E-state index in [1.807, 2.05) is 0 Å². The molecular formula is C17H29NO2. The Labute approximate surface area is 123 Å². The summed E-state index contributed by atoms with van der Waals surface area (Å²) in [5, 5.41) is 3.38. The van der Waals surface area contributed by atoms with Crippen LogP contribution in [0, 0.1) is 6.92 Å². The van der Waals surface area contributed by atoms with E-state index < -0.39 is 0 Å². The highest BCUT2D eigenvalue weighted by atomic mass is 16.5. The van der Waals surface area contributed by atoms with Gasteiger partial charge in [-0.25, -0.2) is 0 Å². The fourth-order valence-electron chi connectivity index (χ4n) is 2.10. The van der Waals surface area contributed by atoms with Crippen LogP contribution < -0.4 is 10.1 Å². The summed E-state index contributed by atoms with van der Waals surface area (Å²) in [6.07, 6.45) is 4.95. The first-order chi connectivity index (χ1) is 9.77. The summed E-state index contributed by atoms with van der Waals surface area (Å²) >= 11 is 0. The van der Waals surface area contributed by atoms with Crippen LogP contribution in [0.4, 0.5) is 0 Å². The zero-order valence-electron chi connectivity index (χ0n) is 13.2. The number of benzene rings is 1. The van der Waals surface area contributed by atoms with E-state index in [2.05, 4.69) is 37.4 Å². The first-order valence-electron chi connectivity index (χ1n) is 7.70. The maximum absolute atomic E-state index is 5.92. The SMILES string of the molecule is CCCCCCOc1ccc(C)cc1CNCCOC. The Hall–Kier alpha value is -1.06. The molecule has 0 spiro atoms. The summed E-state index contributed by atoms with van der Waals surface area (Å²) in [7, 11) is 1.72. The van der Waals surface area contributed by atoms with Gasteiger partial charge < -0.3 is 14.8 Å². The van der Waals surface area contributed by atoms with Gasteiger partial charge in [0.25, 0.3) is 0 Å². The van der Waals surface area contributed by atoms with Gasteiger partial charge in [0.15, 0.2) is 0 Å². The number of ether oxygens (including phenoxy) is 2. The van der Waals surface area contributed by atoms with Crippen molar-refractivity contribution in [1.82, 2.24) is 5.32 Å². The van der Waals surface area contributed by atoms with Crippen LogP contribution in [0.3, 0.4) is 0 Å². The monoisotopic (exact) mass is 279 g/mol. The summed E-state index contributed by atoms with van der Waals surface area (Å²) in [4.78, 5) is 0. The van der Waals surface area contributed by atoms with Crippen molar-refractivity contribution in [3.63, 3.8) is 0 Å². The standard InChI is InChI=1S/C17H29NO2/c1-4-5-6-7-11-20-17-9-8-15(2)13-16(17)14-18-10-12-19-3/h8-9,13,18H,4-7,10-12,14H2,1-3H3. The molecule has 1 N–H and O–H groups in total. The predicted molar refractivity (Wildman–Crippen MR) is 84.4 cm³/mol. The summed E-state index contributed by atoms with van der Waals surface area (Å²) in [5.41, 5.74) is 2.50. The largest absolute Gasteiger partial charge is 0.493 e. The Morgan fingerprint density at radius 2 is 1.95 bits per heavy atom. The van der Waals surface area contributed by atoms with Gasteiger partial charge in [0.05, 0.1) is 13.2 Å². The third kappa shape index (κ3) is 6.92. The van der Waals surface area contributed by atoms with Crippen LogP contribution in [0.1, 0.15) is 43.7 Å². The molecular weight excluding hydrogens is 250 g/mol. The Bertz CT molecular complexity index is 366. The molecule has 0 aliphatic heterocycles. The van der Waals surface area contributed by atoms with Gasteiger partial charge in [-0.05, 0) is 19.4 Å². The summed E-state index contributed by atoms with van der Waals surface area (Å²) < 4.78 is 11.0. The maximum atomic E-state index is 5.92. The van der Waals surface area contributed by atoms with Crippen LogP contribution in [-0.4, -0.2) is 26.9 Å². The van der Waals surface area contributed by atoms with Gasteiger partial charge in [-0.2, -0.15) is 0 Å².